The fourth-order valence-corrected chi connectivity index (χ4v) is 6.23. The average molecular weight is 464 g/mol. The van der Waals surface area contributed by atoms with Crippen LogP contribution in [0.4, 0.5) is 19.0 Å². The predicted molar refractivity (Wildman–Crippen MR) is 120 cm³/mol. The van der Waals surface area contributed by atoms with E-state index < -0.39 is 17.6 Å². The highest BCUT2D eigenvalue weighted by Gasteiger charge is 2.49. The van der Waals surface area contributed by atoms with Gasteiger partial charge in [-0.25, -0.2) is 4.98 Å². The Labute approximate surface area is 192 Å². The first-order valence-electron chi connectivity index (χ1n) is 12.0. The molecule has 2 unspecified atom stereocenters. The molecule has 4 atom stereocenters. The molecule has 0 radical (unpaired) electrons. The Morgan fingerprint density at radius 2 is 1.91 bits per heavy atom. The van der Waals surface area contributed by atoms with E-state index in [0.29, 0.717) is 35.1 Å². The number of alkyl halides is 3. The number of anilines is 1. The monoisotopic (exact) mass is 463 g/mol. The van der Waals surface area contributed by atoms with Gasteiger partial charge in [0.25, 0.3) is 0 Å². The summed E-state index contributed by atoms with van der Waals surface area (Å²) in [7, 11) is 0. The molecule has 2 aromatic heterocycles. The number of hydrogen-bond acceptors (Lipinski definition) is 5. The predicted octanol–water partition coefficient (Wildman–Crippen LogP) is 4.73. The number of fused-ring (bicyclic) bond motifs is 2. The molecule has 0 amide bonds. The second-order valence-corrected chi connectivity index (χ2v) is 10.1. The van der Waals surface area contributed by atoms with Gasteiger partial charge in [-0.1, -0.05) is 0 Å². The Bertz CT molecular complexity index is 996. The number of rotatable bonds is 4. The van der Waals surface area contributed by atoms with Gasteiger partial charge in [0.05, 0.1) is 17.9 Å². The molecule has 0 spiro atoms. The van der Waals surface area contributed by atoms with Crippen LogP contribution in [-0.2, 0) is 10.9 Å². The summed E-state index contributed by atoms with van der Waals surface area (Å²) in [5.41, 5.74) is 6.59. The van der Waals surface area contributed by atoms with Gasteiger partial charge >= 0.3 is 6.18 Å². The molecule has 2 saturated carbocycles. The first-order valence-corrected chi connectivity index (χ1v) is 12.0. The third-order valence-corrected chi connectivity index (χ3v) is 7.70. The van der Waals surface area contributed by atoms with Crippen LogP contribution in [0.15, 0.2) is 18.3 Å². The quantitative estimate of drug-likeness (QED) is 0.710. The molecule has 2 bridgehead atoms. The summed E-state index contributed by atoms with van der Waals surface area (Å²) >= 11 is 0. The molecule has 1 saturated heterocycles. The van der Waals surface area contributed by atoms with Gasteiger partial charge in [-0.3, -0.25) is 9.58 Å². The van der Waals surface area contributed by atoms with Crippen molar-refractivity contribution < 1.29 is 17.9 Å². The van der Waals surface area contributed by atoms with Crippen molar-refractivity contribution in [2.24, 2.45) is 11.8 Å². The number of pyridine rings is 1. The van der Waals surface area contributed by atoms with E-state index in [-0.39, 0.29) is 6.04 Å². The minimum absolute atomic E-state index is 0.121. The van der Waals surface area contributed by atoms with Crippen LogP contribution in [0, 0.1) is 11.8 Å². The number of hydrogen-bond donors (Lipinski definition) is 1. The number of halogens is 3. The molecule has 33 heavy (non-hydrogen) atoms. The van der Waals surface area contributed by atoms with Gasteiger partial charge < -0.3 is 10.5 Å². The van der Waals surface area contributed by atoms with Crippen LogP contribution >= 0.6 is 0 Å². The summed E-state index contributed by atoms with van der Waals surface area (Å²) in [6, 6.07) is 3.79. The molecular formula is C24H32F3N5O. The van der Waals surface area contributed by atoms with E-state index in [4.69, 9.17) is 15.6 Å². The Morgan fingerprint density at radius 1 is 1.09 bits per heavy atom. The van der Waals surface area contributed by atoms with E-state index in [0.717, 1.165) is 50.9 Å². The Balaban J connectivity index is 1.41. The molecular weight excluding hydrogens is 431 g/mol. The van der Waals surface area contributed by atoms with E-state index in [9.17, 15) is 13.2 Å². The number of nitrogen functional groups attached to an aromatic ring is 1. The van der Waals surface area contributed by atoms with Crippen LogP contribution in [-0.4, -0.2) is 52.0 Å². The average Bonchev–Trinajstić information content (AvgIpc) is 3.42. The van der Waals surface area contributed by atoms with Gasteiger partial charge in [-0.05, 0) is 63.5 Å². The molecule has 180 valence electrons. The van der Waals surface area contributed by atoms with Crippen molar-refractivity contribution in [2.45, 2.75) is 63.7 Å². The maximum Gasteiger partial charge on any atom is 0.419 e. The van der Waals surface area contributed by atoms with Crippen molar-refractivity contribution >= 4 is 5.82 Å². The third-order valence-electron chi connectivity index (χ3n) is 7.70. The van der Waals surface area contributed by atoms with Crippen LogP contribution in [0.2, 0.25) is 0 Å². The van der Waals surface area contributed by atoms with Crippen molar-refractivity contribution in [1.82, 2.24) is 19.7 Å². The van der Waals surface area contributed by atoms with E-state index >= 15 is 0 Å². The highest BCUT2D eigenvalue weighted by atomic mass is 19.4. The molecule has 5 rings (SSSR count). The summed E-state index contributed by atoms with van der Waals surface area (Å²) in [6.45, 7) is 7.92. The molecule has 3 fully saturated rings. The van der Waals surface area contributed by atoms with Gasteiger partial charge in [0.15, 0.2) is 0 Å². The highest BCUT2D eigenvalue weighted by Crippen LogP contribution is 2.55. The summed E-state index contributed by atoms with van der Waals surface area (Å²) in [6.07, 6.45) is 1.44. The minimum atomic E-state index is -4.55. The van der Waals surface area contributed by atoms with Crippen LogP contribution in [0.1, 0.15) is 62.7 Å². The lowest BCUT2D eigenvalue weighted by Crippen LogP contribution is -2.41. The molecule has 6 nitrogen and oxygen atoms in total. The zero-order chi connectivity index (χ0) is 23.3. The Morgan fingerprint density at radius 3 is 2.61 bits per heavy atom. The van der Waals surface area contributed by atoms with Gasteiger partial charge in [-0.2, -0.15) is 18.3 Å². The molecule has 2 aromatic rings. The fourth-order valence-electron chi connectivity index (χ4n) is 6.23. The maximum absolute atomic E-state index is 13.4. The lowest BCUT2D eigenvalue weighted by molar-refractivity contribution is -0.137. The SMILES string of the molecule is CC(C)n1nc(-c2cnc(N)c(C(F)(F)F)c2)cc1[C@@H]1CC2C[C@H]1CC2N1CCCOCC1. The van der Waals surface area contributed by atoms with Crippen molar-refractivity contribution in [1.29, 1.82) is 0 Å². The van der Waals surface area contributed by atoms with Gasteiger partial charge in [0, 0.05) is 55.2 Å². The number of aromatic nitrogens is 3. The summed E-state index contributed by atoms with van der Waals surface area (Å²) in [4.78, 5) is 6.43. The van der Waals surface area contributed by atoms with Crippen LogP contribution in [0.3, 0.4) is 0 Å². The number of ether oxygens (including phenoxy) is 1. The number of nitrogens with zero attached hydrogens (tertiary/aromatic N) is 4. The van der Waals surface area contributed by atoms with Crippen molar-refractivity contribution in [3.8, 4) is 11.3 Å². The van der Waals surface area contributed by atoms with Gasteiger partial charge in [0.1, 0.15) is 5.82 Å². The standard InChI is InChI=1S/C24H32F3N5O/c1-14(2)32-22(12-20(30-32)17-10-19(24(25,26)27)23(28)29-13-17)18-9-16-8-15(18)11-21(16)31-4-3-6-33-7-5-31/h10,12-16,18,21H,3-9,11H2,1-2H3,(H2,28,29)/t15-,16?,18+,21?/m0/s1. The van der Waals surface area contributed by atoms with E-state index in [1.807, 2.05) is 10.7 Å². The van der Waals surface area contributed by atoms with Crippen molar-refractivity contribution in [2.75, 3.05) is 32.0 Å². The van der Waals surface area contributed by atoms with Crippen molar-refractivity contribution in [3.05, 3.63) is 29.6 Å². The van der Waals surface area contributed by atoms with E-state index in [1.165, 1.54) is 19.0 Å². The van der Waals surface area contributed by atoms with Crippen LogP contribution in [0.5, 0.6) is 0 Å². The largest absolute Gasteiger partial charge is 0.419 e. The highest BCUT2D eigenvalue weighted by molar-refractivity contribution is 5.63. The number of nitrogens with two attached hydrogens (primary N) is 1. The Hall–Kier alpha value is -2.13. The normalized spacial score (nSPS) is 28.5. The topological polar surface area (TPSA) is 69.2 Å². The van der Waals surface area contributed by atoms with E-state index in [2.05, 4.69) is 23.7 Å². The molecule has 9 heteroatoms. The fraction of sp³-hybridized carbons (Fsp3) is 0.667. The lowest BCUT2D eigenvalue weighted by atomic mass is 9.83. The summed E-state index contributed by atoms with van der Waals surface area (Å²) < 4.78 is 47.7. The molecule has 1 aliphatic heterocycles. The lowest BCUT2D eigenvalue weighted by Gasteiger charge is -2.36. The second kappa shape index (κ2) is 8.58. The summed E-state index contributed by atoms with van der Waals surface area (Å²) in [5, 5.41) is 4.72. The Kier molecular flexibility index (Phi) is 5.89. The third kappa shape index (κ3) is 4.25. The molecule has 2 N–H and O–H groups in total. The zero-order valence-electron chi connectivity index (χ0n) is 19.2. The van der Waals surface area contributed by atoms with E-state index in [1.54, 1.807) is 0 Å². The summed E-state index contributed by atoms with van der Waals surface area (Å²) in [5.74, 6) is 1.13. The maximum atomic E-state index is 13.4. The minimum Gasteiger partial charge on any atom is -0.383 e. The molecule has 2 aliphatic carbocycles. The molecule has 3 aliphatic rings. The van der Waals surface area contributed by atoms with Crippen LogP contribution in [0.25, 0.3) is 11.3 Å². The molecule has 0 aromatic carbocycles. The van der Waals surface area contributed by atoms with Crippen molar-refractivity contribution in [3.63, 3.8) is 0 Å². The molecule has 3 heterocycles. The first kappa shape index (κ1) is 22.7. The van der Waals surface area contributed by atoms with Crippen LogP contribution < -0.4 is 5.73 Å². The smallest absolute Gasteiger partial charge is 0.383 e. The zero-order valence-corrected chi connectivity index (χ0v) is 19.2. The van der Waals surface area contributed by atoms with Gasteiger partial charge in [0.2, 0.25) is 0 Å². The van der Waals surface area contributed by atoms with Gasteiger partial charge in [-0.15, -0.1) is 0 Å². The second-order valence-electron chi connectivity index (χ2n) is 10.1. The first-order chi connectivity index (χ1) is 15.7.